The van der Waals surface area contributed by atoms with Crippen LogP contribution in [0.4, 0.5) is 16.2 Å². The van der Waals surface area contributed by atoms with Crippen molar-refractivity contribution in [2.24, 2.45) is 0 Å². The third-order valence-electron chi connectivity index (χ3n) is 5.62. The van der Waals surface area contributed by atoms with E-state index in [4.69, 9.17) is 0 Å². The lowest BCUT2D eigenvalue weighted by Gasteiger charge is -2.26. The molecule has 1 fully saturated rings. The number of benzene rings is 2. The van der Waals surface area contributed by atoms with Gasteiger partial charge < -0.3 is 4.57 Å². The van der Waals surface area contributed by atoms with Crippen LogP contribution in [0.15, 0.2) is 84.8 Å². The van der Waals surface area contributed by atoms with E-state index in [1.165, 1.54) is 42.7 Å². The molecule has 2 aromatic heterocycles. The van der Waals surface area contributed by atoms with Crippen LogP contribution < -0.4 is 10.2 Å². The molecule has 2 aromatic carbocycles. The smallest absolute Gasteiger partial charge is 0.335 e. The highest BCUT2D eigenvalue weighted by molar-refractivity contribution is 6.39. The molecule has 10 nitrogen and oxygen atoms in total. The fourth-order valence-corrected chi connectivity index (χ4v) is 4.03. The largest absolute Gasteiger partial charge is 0.342 e. The zero-order valence-corrected chi connectivity index (χ0v) is 18.1. The maximum absolute atomic E-state index is 13.2. The molecule has 172 valence electrons. The van der Waals surface area contributed by atoms with Crippen molar-refractivity contribution in [3.05, 3.63) is 106 Å². The Bertz CT molecular complexity index is 1540. The molecule has 0 unspecified atom stereocenters. The van der Waals surface area contributed by atoms with Crippen molar-refractivity contribution >= 4 is 46.2 Å². The van der Waals surface area contributed by atoms with Crippen LogP contribution in [0.25, 0.3) is 17.0 Å². The number of nitrogens with zero attached hydrogens (tertiary/aromatic N) is 4. The average molecular weight is 467 g/mol. The monoisotopic (exact) mass is 467 g/mol. The van der Waals surface area contributed by atoms with Gasteiger partial charge in [0.25, 0.3) is 17.5 Å². The fourth-order valence-electron chi connectivity index (χ4n) is 4.03. The second-order valence-corrected chi connectivity index (χ2v) is 7.82. The van der Waals surface area contributed by atoms with Crippen LogP contribution in [-0.4, -0.2) is 32.3 Å². The number of rotatable bonds is 5. The fraction of sp³-hybridized carbons (Fsp3) is 0.0400. The number of carbonyl (C=O) groups excluding carboxylic acids is 3. The first kappa shape index (κ1) is 21.7. The molecule has 3 heterocycles. The van der Waals surface area contributed by atoms with E-state index >= 15 is 0 Å². The molecule has 1 saturated heterocycles. The molecule has 0 aliphatic carbocycles. The highest BCUT2D eigenvalue weighted by Crippen LogP contribution is 2.27. The standard InChI is InChI=1S/C25H17N5O5/c31-23-21(24(32)29(25(33)27-23)18-8-10-26-11-9-18)13-17-15-28(22-7-2-1-6-20(17)22)14-16-4-3-5-19(12-16)30(34)35/h1-13,15H,14H2,(H,27,31,33)/b21-13+. The van der Waals surface area contributed by atoms with E-state index in [0.29, 0.717) is 12.1 Å². The summed E-state index contributed by atoms with van der Waals surface area (Å²) >= 11 is 0. The maximum atomic E-state index is 13.2. The van der Waals surface area contributed by atoms with Gasteiger partial charge in [-0.25, -0.2) is 9.69 Å². The molecule has 0 radical (unpaired) electrons. The number of imide groups is 2. The number of fused-ring (bicyclic) bond motifs is 1. The lowest BCUT2D eigenvalue weighted by molar-refractivity contribution is -0.384. The van der Waals surface area contributed by atoms with Gasteiger partial charge in [0, 0.05) is 53.7 Å². The Labute approximate surface area is 198 Å². The summed E-state index contributed by atoms with van der Waals surface area (Å²) in [5.41, 5.74) is 2.21. The summed E-state index contributed by atoms with van der Waals surface area (Å²) in [6.45, 7) is 0.340. The number of nitro benzene ring substituents is 1. The number of carbonyl (C=O) groups is 3. The molecule has 4 amide bonds. The second kappa shape index (κ2) is 8.67. The Hall–Kier alpha value is -5.12. The number of pyridine rings is 1. The minimum atomic E-state index is -0.837. The summed E-state index contributed by atoms with van der Waals surface area (Å²) in [6, 6.07) is 15.9. The van der Waals surface area contributed by atoms with Crippen molar-refractivity contribution in [1.82, 2.24) is 14.9 Å². The predicted molar refractivity (Wildman–Crippen MR) is 127 cm³/mol. The summed E-state index contributed by atoms with van der Waals surface area (Å²) in [7, 11) is 0. The zero-order chi connectivity index (χ0) is 24.5. The molecule has 35 heavy (non-hydrogen) atoms. The number of urea groups is 1. The van der Waals surface area contributed by atoms with Gasteiger partial charge >= 0.3 is 6.03 Å². The zero-order valence-electron chi connectivity index (χ0n) is 18.1. The van der Waals surface area contributed by atoms with E-state index in [2.05, 4.69) is 10.3 Å². The number of anilines is 1. The van der Waals surface area contributed by atoms with E-state index < -0.39 is 22.8 Å². The van der Waals surface area contributed by atoms with E-state index in [1.807, 2.05) is 28.8 Å². The molecule has 0 saturated carbocycles. The minimum absolute atomic E-state index is 0.00773. The van der Waals surface area contributed by atoms with Crippen LogP contribution >= 0.6 is 0 Å². The van der Waals surface area contributed by atoms with Crippen LogP contribution in [0.1, 0.15) is 11.1 Å². The lowest BCUT2D eigenvalue weighted by atomic mass is 10.1. The van der Waals surface area contributed by atoms with Crippen LogP contribution in [0.3, 0.4) is 0 Å². The Kier molecular flexibility index (Phi) is 5.38. The van der Waals surface area contributed by atoms with Gasteiger partial charge in [0.2, 0.25) is 0 Å². The van der Waals surface area contributed by atoms with Crippen LogP contribution in [0.2, 0.25) is 0 Å². The number of nitrogens with one attached hydrogen (secondary N) is 1. The summed E-state index contributed by atoms with van der Waals surface area (Å²) in [5.74, 6) is -1.54. The van der Waals surface area contributed by atoms with Crippen molar-refractivity contribution in [2.75, 3.05) is 4.90 Å². The van der Waals surface area contributed by atoms with Gasteiger partial charge in [-0.3, -0.25) is 30.0 Å². The first-order chi connectivity index (χ1) is 16.9. The van der Waals surface area contributed by atoms with Crippen LogP contribution in [0, 0.1) is 10.1 Å². The third-order valence-corrected chi connectivity index (χ3v) is 5.62. The van der Waals surface area contributed by atoms with E-state index in [-0.39, 0.29) is 16.9 Å². The van der Waals surface area contributed by atoms with Crippen molar-refractivity contribution in [3.63, 3.8) is 0 Å². The SMILES string of the molecule is O=C1NC(=O)N(c2ccncc2)C(=O)/C1=C/c1cn(Cc2cccc([N+](=O)[O-])c2)c2ccccc12. The summed E-state index contributed by atoms with van der Waals surface area (Å²) in [4.78, 5) is 53.6. The van der Waals surface area contributed by atoms with Crippen molar-refractivity contribution in [2.45, 2.75) is 6.54 Å². The Morgan fingerprint density at radius 2 is 1.77 bits per heavy atom. The quantitative estimate of drug-likeness (QED) is 0.207. The Balaban J connectivity index is 1.56. The number of non-ortho nitro benzene ring substituents is 1. The van der Waals surface area contributed by atoms with Gasteiger partial charge in [0.1, 0.15) is 5.57 Å². The highest BCUT2D eigenvalue weighted by Gasteiger charge is 2.37. The molecule has 0 bridgehead atoms. The lowest BCUT2D eigenvalue weighted by Crippen LogP contribution is -2.54. The summed E-state index contributed by atoms with van der Waals surface area (Å²) in [6.07, 6.45) is 6.10. The summed E-state index contributed by atoms with van der Waals surface area (Å²) < 4.78 is 1.89. The van der Waals surface area contributed by atoms with Gasteiger partial charge in [-0.1, -0.05) is 30.3 Å². The molecule has 0 spiro atoms. The predicted octanol–water partition coefficient (Wildman–Crippen LogP) is 3.66. The molecular weight excluding hydrogens is 450 g/mol. The van der Waals surface area contributed by atoms with Crippen LogP contribution in [-0.2, 0) is 16.1 Å². The summed E-state index contributed by atoms with van der Waals surface area (Å²) in [5, 5.41) is 14.1. The van der Waals surface area contributed by atoms with Crippen LogP contribution in [0.5, 0.6) is 0 Å². The number of hydrogen-bond donors (Lipinski definition) is 1. The number of nitro groups is 1. The minimum Gasteiger partial charge on any atom is -0.342 e. The number of para-hydroxylation sites is 1. The Morgan fingerprint density at radius 1 is 1.00 bits per heavy atom. The van der Waals surface area contributed by atoms with Gasteiger partial charge in [-0.2, -0.15) is 0 Å². The van der Waals surface area contributed by atoms with Gasteiger partial charge in [-0.15, -0.1) is 0 Å². The first-order valence-corrected chi connectivity index (χ1v) is 10.5. The molecule has 1 aliphatic rings. The second-order valence-electron chi connectivity index (χ2n) is 7.82. The van der Waals surface area contributed by atoms with E-state index in [1.54, 1.807) is 18.3 Å². The van der Waals surface area contributed by atoms with E-state index in [9.17, 15) is 24.5 Å². The van der Waals surface area contributed by atoms with Gasteiger partial charge in [0.15, 0.2) is 0 Å². The van der Waals surface area contributed by atoms with E-state index in [0.717, 1.165) is 21.4 Å². The normalized spacial score (nSPS) is 15.0. The van der Waals surface area contributed by atoms with Gasteiger partial charge in [0.05, 0.1) is 10.6 Å². The van der Waals surface area contributed by atoms with Crippen molar-refractivity contribution < 1.29 is 19.3 Å². The first-order valence-electron chi connectivity index (χ1n) is 10.5. The maximum Gasteiger partial charge on any atom is 0.335 e. The average Bonchev–Trinajstić information content (AvgIpc) is 3.19. The van der Waals surface area contributed by atoms with Crippen molar-refractivity contribution in [1.29, 1.82) is 0 Å². The third kappa shape index (κ3) is 4.04. The molecule has 1 aliphatic heterocycles. The molecule has 10 heteroatoms. The Morgan fingerprint density at radius 3 is 2.54 bits per heavy atom. The van der Waals surface area contributed by atoms with Crippen molar-refractivity contribution in [3.8, 4) is 0 Å². The molecule has 0 atom stereocenters. The topological polar surface area (TPSA) is 127 Å². The molecule has 1 N–H and O–H groups in total. The number of amides is 4. The molecule has 4 aromatic rings. The highest BCUT2D eigenvalue weighted by atomic mass is 16.6. The molecular formula is C25H17N5O5. The van der Waals surface area contributed by atoms with Gasteiger partial charge in [-0.05, 0) is 29.8 Å². The number of hydrogen-bond acceptors (Lipinski definition) is 6. The molecule has 5 rings (SSSR count). The number of barbiturate groups is 1. The number of aromatic nitrogens is 2.